The molecule has 6 heteroatoms. The molecule has 0 radical (unpaired) electrons. The van der Waals surface area contributed by atoms with E-state index in [-0.39, 0.29) is 19.1 Å². The van der Waals surface area contributed by atoms with E-state index < -0.39 is 0 Å². The van der Waals surface area contributed by atoms with Gasteiger partial charge >= 0.3 is 0 Å². The highest BCUT2D eigenvalue weighted by atomic mass is 35.5. The molecule has 0 saturated heterocycles. The number of halogens is 2. The second kappa shape index (κ2) is 5.84. The van der Waals surface area contributed by atoms with Crippen LogP contribution in [-0.4, -0.2) is 12.7 Å². The molecular formula is C15H11Cl2NO3. The van der Waals surface area contributed by atoms with Crippen molar-refractivity contribution in [3.05, 3.63) is 52.0 Å². The van der Waals surface area contributed by atoms with Crippen LogP contribution in [0.3, 0.4) is 0 Å². The lowest BCUT2D eigenvalue weighted by molar-refractivity contribution is -0.115. The molecule has 1 heterocycles. The molecule has 108 valence electrons. The Morgan fingerprint density at radius 1 is 1.14 bits per heavy atom. The monoisotopic (exact) mass is 323 g/mol. The van der Waals surface area contributed by atoms with Crippen LogP contribution in [0, 0.1) is 0 Å². The highest BCUT2D eigenvalue weighted by Gasteiger charge is 2.15. The molecule has 1 aliphatic rings. The van der Waals surface area contributed by atoms with Crippen LogP contribution in [0.15, 0.2) is 36.4 Å². The van der Waals surface area contributed by atoms with Crippen molar-refractivity contribution in [2.45, 2.75) is 6.42 Å². The third kappa shape index (κ3) is 3.06. The minimum absolute atomic E-state index is 0.182. The van der Waals surface area contributed by atoms with Gasteiger partial charge in [0.25, 0.3) is 0 Å². The van der Waals surface area contributed by atoms with E-state index >= 15 is 0 Å². The molecule has 3 rings (SSSR count). The van der Waals surface area contributed by atoms with Crippen molar-refractivity contribution in [3.8, 4) is 11.5 Å². The van der Waals surface area contributed by atoms with Gasteiger partial charge in [-0.05, 0) is 29.8 Å². The topological polar surface area (TPSA) is 47.6 Å². The first-order valence-electron chi connectivity index (χ1n) is 6.26. The molecular weight excluding hydrogens is 313 g/mol. The van der Waals surface area contributed by atoms with Crippen molar-refractivity contribution in [3.63, 3.8) is 0 Å². The average molecular weight is 324 g/mol. The highest BCUT2D eigenvalue weighted by Crippen LogP contribution is 2.33. The fourth-order valence-corrected chi connectivity index (χ4v) is 2.38. The minimum Gasteiger partial charge on any atom is -0.454 e. The quantitative estimate of drug-likeness (QED) is 0.931. The van der Waals surface area contributed by atoms with Gasteiger partial charge in [-0.15, -0.1) is 0 Å². The summed E-state index contributed by atoms with van der Waals surface area (Å²) in [7, 11) is 0. The smallest absolute Gasteiger partial charge is 0.231 e. The Kier molecular flexibility index (Phi) is 3.90. The van der Waals surface area contributed by atoms with Gasteiger partial charge in [-0.2, -0.15) is 0 Å². The Balaban J connectivity index is 1.70. The number of nitrogens with one attached hydrogen (secondary N) is 1. The molecule has 0 bridgehead atoms. The first kappa shape index (κ1) is 14.0. The number of hydrogen-bond acceptors (Lipinski definition) is 3. The number of anilines is 1. The van der Waals surface area contributed by atoms with E-state index in [0.29, 0.717) is 27.2 Å². The van der Waals surface area contributed by atoms with E-state index in [1.54, 1.807) is 30.3 Å². The van der Waals surface area contributed by atoms with E-state index in [2.05, 4.69) is 5.32 Å². The SMILES string of the molecule is O=C(Cc1ccc2c(c1)OCO2)Nc1cccc(Cl)c1Cl. The number of fused-ring (bicyclic) bond motifs is 1. The number of carbonyl (C=O) groups excluding carboxylic acids is 1. The molecule has 0 atom stereocenters. The van der Waals surface area contributed by atoms with Crippen LogP contribution in [0.5, 0.6) is 11.5 Å². The maximum atomic E-state index is 12.1. The minimum atomic E-state index is -0.182. The summed E-state index contributed by atoms with van der Waals surface area (Å²) < 4.78 is 10.5. The zero-order chi connectivity index (χ0) is 14.8. The van der Waals surface area contributed by atoms with Crippen molar-refractivity contribution in [2.75, 3.05) is 12.1 Å². The fraction of sp³-hybridized carbons (Fsp3) is 0.133. The molecule has 0 spiro atoms. The van der Waals surface area contributed by atoms with E-state index in [4.69, 9.17) is 32.7 Å². The summed E-state index contributed by atoms with van der Waals surface area (Å²) in [6.45, 7) is 0.211. The van der Waals surface area contributed by atoms with Gasteiger partial charge in [-0.25, -0.2) is 0 Å². The summed E-state index contributed by atoms with van der Waals surface area (Å²) in [4.78, 5) is 12.1. The lowest BCUT2D eigenvalue weighted by atomic mass is 10.1. The third-order valence-corrected chi connectivity index (χ3v) is 3.85. The second-order valence-corrected chi connectivity index (χ2v) is 5.30. The Labute approximate surface area is 131 Å². The number of ether oxygens (including phenoxy) is 2. The lowest BCUT2D eigenvalue weighted by Crippen LogP contribution is -2.14. The van der Waals surface area contributed by atoms with Gasteiger partial charge in [0.2, 0.25) is 12.7 Å². The molecule has 1 aliphatic heterocycles. The van der Waals surface area contributed by atoms with Crippen LogP contribution >= 0.6 is 23.2 Å². The molecule has 4 nitrogen and oxygen atoms in total. The predicted octanol–water partition coefficient (Wildman–Crippen LogP) is 3.90. The van der Waals surface area contributed by atoms with Gasteiger partial charge in [0.05, 0.1) is 22.2 Å². The Hall–Kier alpha value is -1.91. The zero-order valence-electron chi connectivity index (χ0n) is 10.9. The summed E-state index contributed by atoms with van der Waals surface area (Å²) in [6.07, 6.45) is 0.208. The van der Waals surface area contributed by atoms with E-state index in [1.807, 2.05) is 6.07 Å². The fourth-order valence-electron chi connectivity index (χ4n) is 2.03. The standard InChI is InChI=1S/C15H11Cl2NO3/c16-10-2-1-3-11(15(10)17)18-14(19)7-9-4-5-12-13(6-9)21-8-20-12/h1-6H,7-8H2,(H,18,19). The summed E-state index contributed by atoms with van der Waals surface area (Å²) in [5.41, 5.74) is 1.32. The van der Waals surface area contributed by atoms with Gasteiger partial charge in [-0.1, -0.05) is 35.3 Å². The molecule has 21 heavy (non-hydrogen) atoms. The molecule has 0 fully saturated rings. The number of hydrogen-bond donors (Lipinski definition) is 1. The molecule has 1 amide bonds. The van der Waals surface area contributed by atoms with Crippen LogP contribution in [0.25, 0.3) is 0 Å². The Bertz CT molecular complexity index is 703. The van der Waals surface area contributed by atoms with Gasteiger partial charge in [-0.3, -0.25) is 4.79 Å². The van der Waals surface area contributed by atoms with Crippen molar-refractivity contribution in [1.29, 1.82) is 0 Å². The maximum absolute atomic E-state index is 12.1. The van der Waals surface area contributed by atoms with Crippen LogP contribution in [-0.2, 0) is 11.2 Å². The van der Waals surface area contributed by atoms with Gasteiger partial charge in [0.1, 0.15) is 0 Å². The summed E-state index contributed by atoms with van der Waals surface area (Å²) >= 11 is 11.9. The van der Waals surface area contributed by atoms with Gasteiger partial charge < -0.3 is 14.8 Å². The van der Waals surface area contributed by atoms with Crippen LogP contribution in [0.2, 0.25) is 10.0 Å². The number of carbonyl (C=O) groups is 1. The third-order valence-electron chi connectivity index (χ3n) is 3.03. The largest absolute Gasteiger partial charge is 0.454 e. The normalized spacial score (nSPS) is 12.3. The second-order valence-electron chi connectivity index (χ2n) is 4.51. The van der Waals surface area contributed by atoms with Gasteiger partial charge in [0, 0.05) is 0 Å². The maximum Gasteiger partial charge on any atom is 0.231 e. The Morgan fingerprint density at radius 3 is 2.81 bits per heavy atom. The van der Waals surface area contributed by atoms with Crippen LogP contribution < -0.4 is 14.8 Å². The Morgan fingerprint density at radius 2 is 1.95 bits per heavy atom. The molecule has 0 aliphatic carbocycles. The molecule has 0 aromatic heterocycles. The molecule has 0 unspecified atom stereocenters. The first-order chi connectivity index (χ1) is 10.1. The summed E-state index contributed by atoms with van der Waals surface area (Å²) in [5.74, 6) is 1.16. The van der Waals surface area contributed by atoms with E-state index in [0.717, 1.165) is 5.56 Å². The average Bonchev–Trinajstić information content (AvgIpc) is 2.91. The highest BCUT2D eigenvalue weighted by molar-refractivity contribution is 6.43. The summed E-state index contributed by atoms with van der Waals surface area (Å²) in [5, 5.41) is 3.47. The lowest BCUT2D eigenvalue weighted by Gasteiger charge is -2.08. The van der Waals surface area contributed by atoms with Crippen LogP contribution in [0.4, 0.5) is 5.69 Å². The van der Waals surface area contributed by atoms with Crippen molar-refractivity contribution < 1.29 is 14.3 Å². The molecule has 1 N–H and O–H groups in total. The van der Waals surface area contributed by atoms with Crippen molar-refractivity contribution >= 4 is 34.8 Å². The number of rotatable bonds is 3. The predicted molar refractivity (Wildman–Crippen MR) is 81.4 cm³/mol. The summed E-state index contributed by atoms with van der Waals surface area (Å²) in [6, 6.07) is 10.5. The van der Waals surface area contributed by atoms with Gasteiger partial charge in [0.15, 0.2) is 11.5 Å². The zero-order valence-corrected chi connectivity index (χ0v) is 12.4. The van der Waals surface area contributed by atoms with Crippen LogP contribution in [0.1, 0.15) is 5.56 Å². The van der Waals surface area contributed by atoms with E-state index in [9.17, 15) is 4.79 Å². The molecule has 2 aromatic carbocycles. The molecule has 2 aromatic rings. The van der Waals surface area contributed by atoms with Crippen molar-refractivity contribution in [1.82, 2.24) is 0 Å². The number of benzene rings is 2. The first-order valence-corrected chi connectivity index (χ1v) is 7.01. The van der Waals surface area contributed by atoms with E-state index in [1.165, 1.54) is 0 Å². The van der Waals surface area contributed by atoms with Crippen molar-refractivity contribution in [2.24, 2.45) is 0 Å². The molecule has 0 saturated carbocycles. The number of amides is 1.